The van der Waals surface area contributed by atoms with E-state index in [0.29, 0.717) is 0 Å². The molecule has 1 saturated carbocycles. The Bertz CT molecular complexity index is 256. The van der Waals surface area contributed by atoms with Crippen molar-refractivity contribution in [3.8, 4) is 0 Å². The molecule has 11 heavy (non-hydrogen) atoms. The molecule has 0 radical (unpaired) electrons. The minimum Gasteiger partial charge on any atom is -0.391 e. The highest BCUT2D eigenvalue weighted by Gasteiger charge is 2.30. The lowest BCUT2D eigenvalue weighted by Crippen LogP contribution is -2.33. The Morgan fingerprint density at radius 2 is 2.45 bits per heavy atom. The summed E-state index contributed by atoms with van der Waals surface area (Å²) >= 11 is 0. The smallest absolute Gasteiger partial charge is 0.105 e. The molecule has 1 heterocycles. The Labute approximate surface area is 65.7 Å². The van der Waals surface area contributed by atoms with E-state index in [0.717, 1.165) is 18.7 Å². The second-order valence-corrected chi connectivity index (χ2v) is 3.09. The van der Waals surface area contributed by atoms with Crippen LogP contribution in [0.1, 0.15) is 24.7 Å². The molecule has 3 nitrogen and oxygen atoms in total. The summed E-state index contributed by atoms with van der Waals surface area (Å²) in [6.07, 6.45) is 5.58. The fraction of sp³-hybridized carbons (Fsp3) is 0.625. The molecule has 0 bridgehead atoms. The van der Waals surface area contributed by atoms with Crippen LogP contribution in [0.25, 0.3) is 0 Å². The van der Waals surface area contributed by atoms with E-state index >= 15 is 0 Å². The lowest BCUT2D eigenvalue weighted by molar-refractivity contribution is 0.0306. The second-order valence-electron chi connectivity index (χ2n) is 3.09. The zero-order valence-electron chi connectivity index (χ0n) is 6.57. The van der Waals surface area contributed by atoms with Crippen LogP contribution in [0.15, 0.2) is 12.4 Å². The zero-order valence-corrected chi connectivity index (χ0v) is 6.57. The van der Waals surface area contributed by atoms with E-state index in [2.05, 4.69) is 4.98 Å². The maximum Gasteiger partial charge on any atom is 0.105 e. The van der Waals surface area contributed by atoms with Crippen LogP contribution in [0, 0.1) is 6.92 Å². The molecule has 3 heteroatoms. The van der Waals surface area contributed by atoms with E-state index in [9.17, 15) is 5.11 Å². The highest BCUT2D eigenvalue weighted by atomic mass is 16.3. The van der Waals surface area contributed by atoms with Crippen molar-refractivity contribution in [2.75, 3.05) is 0 Å². The minimum atomic E-state index is -0.150. The molecule has 60 valence electrons. The van der Waals surface area contributed by atoms with Crippen LogP contribution < -0.4 is 0 Å². The molecule has 0 spiro atoms. The molecular weight excluding hydrogens is 140 g/mol. The molecule has 0 aromatic carbocycles. The molecular formula is C8H12N2O. The highest BCUT2D eigenvalue weighted by Crippen LogP contribution is 2.32. The molecule has 1 aromatic heterocycles. The van der Waals surface area contributed by atoms with E-state index in [4.69, 9.17) is 0 Å². The summed E-state index contributed by atoms with van der Waals surface area (Å²) in [6.45, 7) is 1.96. The van der Waals surface area contributed by atoms with Gasteiger partial charge in [-0.25, -0.2) is 4.98 Å². The number of hydrogen-bond donors (Lipinski definition) is 1. The third kappa shape index (κ3) is 0.959. The van der Waals surface area contributed by atoms with Gasteiger partial charge in [0.05, 0.1) is 12.1 Å². The fourth-order valence-corrected chi connectivity index (χ4v) is 1.53. The van der Waals surface area contributed by atoms with Gasteiger partial charge in [0.15, 0.2) is 0 Å². The third-order valence-corrected chi connectivity index (χ3v) is 2.42. The molecule has 1 fully saturated rings. The van der Waals surface area contributed by atoms with E-state index in [-0.39, 0.29) is 12.1 Å². The van der Waals surface area contributed by atoms with Gasteiger partial charge in [-0.1, -0.05) is 0 Å². The number of aliphatic hydroxyl groups excluding tert-OH is 1. The van der Waals surface area contributed by atoms with Crippen molar-refractivity contribution in [3.63, 3.8) is 0 Å². The molecule has 1 aliphatic rings. The Kier molecular flexibility index (Phi) is 1.46. The van der Waals surface area contributed by atoms with Gasteiger partial charge in [-0.05, 0) is 19.8 Å². The van der Waals surface area contributed by atoms with Crippen molar-refractivity contribution < 1.29 is 5.11 Å². The standard InChI is InChI=1S/C8H12N2O/c1-6-9-4-5-10(6)7-2-3-8(7)11/h4-5,7-8,11H,2-3H2,1H3. The summed E-state index contributed by atoms with van der Waals surface area (Å²) in [5, 5.41) is 9.36. The third-order valence-electron chi connectivity index (χ3n) is 2.42. The van der Waals surface area contributed by atoms with Crippen molar-refractivity contribution in [2.24, 2.45) is 0 Å². The van der Waals surface area contributed by atoms with Crippen molar-refractivity contribution in [1.29, 1.82) is 0 Å². The molecule has 1 N–H and O–H groups in total. The van der Waals surface area contributed by atoms with Gasteiger partial charge < -0.3 is 9.67 Å². The Morgan fingerprint density at radius 3 is 2.82 bits per heavy atom. The maximum absolute atomic E-state index is 9.36. The summed E-state index contributed by atoms with van der Waals surface area (Å²) in [4.78, 5) is 4.11. The van der Waals surface area contributed by atoms with Gasteiger partial charge >= 0.3 is 0 Å². The summed E-state index contributed by atoms with van der Waals surface area (Å²) in [6, 6.07) is 0.289. The van der Waals surface area contributed by atoms with Crippen LogP contribution in [-0.4, -0.2) is 20.8 Å². The van der Waals surface area contributed by atoms with Crippen LogP contribution >= 0.6 is 0 Å². The molecule has 0 aliphatic heterocycles. The fourth-order valence-electron chi connectivity index (χ4n) is 1.53. The molecule has 1 aromatic rings. The van der Waals surface area contributed by atoms with Crippen molar-refractivity contribution in [2.45, 2.75) is 31.9 Å². The highest BCUT2D eigenvalue weighted by molar-refractivity contribution is 4.97. The minimum absolute atomic E-state index is 0.150. The Hall–Kier alpha value is -0.830. The molecule has 2 atom stereocenters. The first-order chi connectivity index (χ1) is 5.29. The molecule has 0 saturated heterocycles. The summed E-state index contributed by atoms with van der Waals surface area (Å²) in [5.74, 6) is 0.994. The van der Waals surface area contributed by atoms with Crippen molar-refractivity contribution in [3.05, 3.63) is 18.2 Å². The van der Waals surface area contributed by atoms with Crippen LogP contribution in [0.3, 0.4) is 0 Å². The normalized spacial score (nSPS) is 30.0. The van der Waals surface area contributed by atoms with Gasteiger partial charge in [-0.15, -0.1) is 0 Å². The number of imidazole rings is 1. The lowest BCUT2D eigenvalue weighted by atomic mass is 9.89. The van der Waals surface area contributed by atoms with Gasteiger partial charge in [0.1, 0.15) is 5.82 Å². The van der Waals surface area contributed by atoms with Crippen LogP contribution in [0.2, 0.25) is 0 Å². The summed E-state index contributed by atoms with van der Waals surface area (Å²) in [7, 11) is 0. The summed E-state index contributed by atoms with van der Waals surface area (Å²) < 4.78 is 2.05. The Morgan fingerprint density at radius 1 is 1.64 bits per heavy atom. The van der Waals surface area contributed by atoms with Crippen LogP contribution in [0.4, 0.5) is 0 Å². The second kappa shape index (κ2) is 2.34. The van der Waals surface area contributed by atoms with E-state index in [1.807, 2.05) is 17.7 Å². The number of aliphatic hydroxyl groups is 1. The topological polar surface area (TPSA) is 38.0 Å². The monoisotopic (exact) mass is 152 g/mol. The predicted molar refractivity (Wildman–Crippen MR) is 41.2 cm³/mol. The van der Waals surface area contributed by atoms with Gasteiger partial charge in [0.25, 0.3) is 0 Å². The number of rotatable bonds is 1. The van der Waals surface area contributed by atoms with E-state index in [1.54, 1.807) is 6.20 Å². The molecule has 2 unspecified atom stereocenters. The predicted octanol–water partition coefficient (Wildman–Crippen LogP) is 0.887. The summed E-state index contributed by atoms with van der Waals surface area (Å²) in [5.41, 5.74) is 0. The molecule has 1 aliphatic carbocycles. The molecule has 2 rings (SSSR count). The van der Waals surface area contributed by atoms with E-state index in [1.165, 1.54) is 0 Å². The average molecular weight is 152 g/mol. The lowest BCUT2D eigenvalue weighted by Gasteiger charge is -2.34. The Balaban J connectivity index is 2.22. The van der Waals surface area contributed by atoms with Crippen LogP contribution in [-0.2, 0) is 0 Å². The molecule has 0 amide bonds. The largest absolute Gasteiger partial charge is 0.391 e. The number of aryl methyl sites for hydroxylation is 1. The quantitative estimate of drug-likeness (QED) is 0.649. The first-order valence-electron chi connectivity index (χ1n) is 3.96. The number of aromatic nitrogens is 2. The number of hydrogen-bond acceptors (Lipinski definition) is 2. The maximum atomic E-state index is 9.36. The van der Waals surface area contributed by atoms with Crippen LogP contribution in [0.5, 0.6) is 0 Å². The van der Waals surface area contributed by atoms with E-state index < -0.39 is 0 Å². The SMILES string of the molecule is Cc1nccn1C1CCC1O. The average Bonchev–Trinajstić information content (AvgIpc) is 2.34. The van der Waals surface area contributed by atoms with Crippen molar-refractivity contribution >= 4 is 0 Å². The first-order valence-corrected chi connectivity index (χ1v) is 3.96. The zero-order chi connectivity index (χ0) is 7.84. The first kappa shape index (κ1) is 6.85. The van der Waals surface area contributed by atoms with Gasteiger partial charge in [0, 0.05) is 12.4 Å². The number of nitrogens with zero attached hydrogens (tertiary/aromatic N) is 2. The van der Waals surface area contributed by atoms with Gasteiger partial charge in [0.2, 0.25) is 0 Å². The van der Waals surface area contributed by atoms with Gasteiger partial charge in [-0.3, -0.25) is 0 Å². The van der Waals surface area contributed by atoms with Crippen molar-refractivity contribution in [1.82, 2.24) is 9.55 Å². The van der Waals surface area contributed by atoms with Gasteiger partial charge in [-0.2, -0.15) is 0 Å².